The molecule has 2 aromatic rings. The zero-order valence-corrected chi connectivity index (χ0v) is 11.9. The highest BCUT2D eigenvalue weighted by atomic mass is 16.5. The SMILES string of the molecule is Cc1cc(C)c(C(N)=NO)c(Oc2cccc(CO)c2)n1. The summed E-state index contributed by atoms with van der Waals surface area (Å²) in [5, 5.41) is 21.1. The third-order valence-electron chi connectivity index (χ3n) is 2.97. The third-order valence-corrected chi connectivity index (χ3v) is 2.97. The van der Waals surface area contributed by atoms with Crippen molar-refractivity contribution in [1.29, 1.82) is 0 Å². The fraction of sp³-hybridized carbons (Fsp3) is 0.200. The molecule has 0 bridgehead atoms. The molecule has 0 aliphatic rings. The average Bonchev–Trinajstić information content (AvgIpc) is 2.46. The summed E-state index contributed by atoms with van der Waals surface area (Å²) >= 11 is 0. The second kappa shape index (κ2) is 6.23. The van der Waals surface area contributed by atoms with Crippen LogP contribution in [-0.2, 0) is 6.61 Å². The van der Waals surface area contributed by atoms with Gasteiger partial charge in [-0.2, -0.15) is 0 Å². The van der Waals surface area contributed by atoms with Crippen molar-refractivity contribution in [3.05, 3.63) is 52.7 Å². The lowest BCUT2D eigenvalue weighted by Crippen LogP contribution is -2.17. The van der Waals surface area contributed by atoms with E-state index in [0.29, 0.717) is 11.3 Å². The summed E-state index contributed by atoms with van der Waals surface area (Å²) in [6.07, 6.45) is 0. The van der Waals surface area contributed by atoms with E-state index in [1.807, 2.05) is 19.9 Å². The van der Waals surface area contributed by atoms with Gasteiger partial charge in [0.1, 0.15) is 5.75 Å². The first-order chi connectivity index (χ1) is 10.0. The average molecular weight is 287 g/mol. The van der Waals surface area contributed by atoms with Crippen molar-refractivity contribution in [3.63, 3.8) is 0 Å². The molecular weight excluding hydrogens is 270 g/mol. The van der Waals surface area contributed by atoms with E-state index in [1.165, 1.54) is 0 Å². The van der Waals surface area contributed by atoms with Crippen LogP contribution in [0, 0.1) is 13.8 Å². The lowest BCUT2D eigenvalue weighted by atomic mass is 10.1. The van der Waals surface area contributed by atoms with Crippen LogP contribution < -0.4 is 10.5 Å². The topological polar surface area (TPSA) is 101 Å². The largest absolute Gasteiger partial charge is 0.438 e. The van der Waals surface area contributed by atoms with Gasteiger partial charge in [-0.15, -0.1) is 0 Å². The van der Waals surface area contributed by atoms with E-state index >= 15 is 0 Å². The normalized spacial score (nSPS) is 11.5. The lowest BCUT2D eigenvalue weighted by molar-refractivity contribution is 0.281. The molecular formula is C15H17N3O3. The number of aryl methyl sites for hydroxylation is 2. The standard InChI is InChI=1S/C15H17N3O3/c1-9-6-10(2)17-15(13(9)14(16)18-20)21-12-5-3-4-11(7-12)8-19/h3-7,19-20H,8H2,1-2H3,(H2,16,18). The Hall–Kier alpha value is -2.60. The number of amidine groups is 1. The quantitative estimate of drug-likeness (QED) is 0.346. The van der Waals surface area contributed by atoms with E-state index in [2.05, 4.69) is 10.1 Å². The minimum Gasteiger partial charge on any atom is -0.438 e. The number of nitrogens with two attached hydrogens (primary N) is 1. The van der Waals surface area contributed by atoms with Gasteiger partial charge in [-0.3, -0.25) is 0 Å². The van der Waals surface area contributed by atoms with E-state index < -0.39 is 0 Å². The van der Waals surface area contributed by atoms with Crippen LogP contribution in [0.5, 0.6) is 11.6 Å². The number of benzene rings is 1. The maximum atomic E-state index is 9.15. The number of aliphatic hydroxyl groups excluding tert-OH is 1. The Bertz CT molecular complexity index is 684. The molecule has 0 atom stereocenters. The molecule has 1 heterocycles. The molecule has 2 rings (SSSR count). The molecule has 0 saturated carbocycles. The van der Waals surface area contributed by atoms with Gasteiger partial charge >= 0.3 is 0 Å². The fourth-order valence-electron chi connectivity index (χ4n) is 2.06. The summed E-state index contributed by atoms with van der Waals surface area (Å²) in [4.78, 5) is 4.30. The molecule has 1 aromatic heterocycles. The van der Waals surface area contributed by atoms with Crippen molar-refractivity contribution >= 4 is 5.84 Å². The van der Waals surface area contributed by atoms with Gasteiger partial charge in [0.05, 0.1) is 12.2 Å². The summed E-state index contributed by atoms with van der Waals surface area (Å²) in [5.74, 6) is 0.720. The molecule has 0 spiro atoms. The second-order valence-electron chi connectivity index (χ2n) is 4.65. The van der Waals surface area contributed by atoms with Crippen molar-refractivity contribution in [3.8, 4) is 11.6 Å². The molecule has 0 saturated heterocycles. The van der Waals surface area contributed by atoms with Gasteiger partial charge in [0.15, 0.2) is 5.84 Å². The Kier molecular flexibility index (Phi) is 4.39. The highest BCUT2D eigenvalue weighted by molar-refractivity contribution is 6.00. The predicted octanol–water partition coefficient (Wildman–Crippen LogP) is 2.08. The summed E-state index contributed by atoms with van der Waals surface area (Å²) in [6.45, 7) is 3.59. The van der Waals surface area contributed by atoms with Crippen LogP contribution in [0.2, 0.25) is 0 Å². The molecule has 0 aliphatic heterocycles. The van der Waals surface area contributed by atoms with Crippen LogP contribution in [0.3, 0.4) is 0 Å². The van der Waals surface area contributed by atoms with Gasteiger partial charge in [0, 0.05) is 5.69 Å². The molecule has 0 amide bonds. The maximum Gasteiger partial charge on any atom is 0.230 e. The van der Waals surface area contributed by atoms with Gasteiger partial charge in [0.25, 0.3) is 0 Å². The maximum absolute atomic E-state index is 9.15. The highest BCUT2D eigenvalue weighted by Crippen LogP contribution is 2.27. The number of pyridine rings is 1. The van der Waals surface area contributed by atoms with Crippen molar-refractivity contribution < 1.29 is 15.1 Å². The van der Waals surface area contributed by atoms with Crippen LogP contribution in [-0.4, -0.2) is 21.1 Å². The minimum atomic E-state index is -0.0788. The van der Waals surface area contributed by atoms with Gasteiger partial charge in [0.2, 0.25) is 5.88 Å². The molecule has 0 radical (unpaired) electrons. The Balaban J connectivity index is 2.47. The molecule has 0 aliphatic carbocycles. The van der Waals surface area contributed by atoms with Crippen molar-refractivity contribution in [2.45, 2.75) is 20.5 Å². The van der Waals surface area contributed by atoms with Crippen LogP contribution in [0.1, 0.15) is 22.4 Å². The fourth-order valence-corrected chi connectivity index (χ4v) is 2.06. The van der Waals surface area contributed by atoms with Crippen molar-refractivity contribution in [2.24, 2.45) is 10.9 Å². The van der Waals surface area contributed by atoms with E-state index in [0.717, 1.165) is 16.8 Å². The Morgan fingerprint density at radius 3 is 2.76 bits per heavy atom. The number of hydrogen-bond acceptors (Lipinski definition) is 5. The van der Waals surface area contributed by atoms with Gasteiger partial charge in [-0.05, 0) is 43.2 Å². The monoisotopic (exact) mass is 287 g/mol. The number of nitrogens with zero attached hydrogens (tertiary/aromatic N) is 2. The smallest absolute Gasteiger partial charge is 0.230 e. The van der Waals surface area contributed by atoms with E-state index in [4.69, 9.17) is 20.8 Å². The third kappa shape index (κ3) is 3.29. The summed E-state index contributed by atoms with van der Waals surface area (Å²) in [6, 6.07) is 8.83. The number of oxime groups is 1. The minimum absolute atomic E-state index is 0.0617. The van der Waals surface area contributed by atoms with Gasteiger partial charge in [-0.25, -0.2) is 4.98 Å². The number of aliphatic hydroxyl groups is 1. The Morgan fingerprint density at radius 1 is 1.33 bits per heavy atom. The molecule has 6 heteroatoms. The number of hydrogen-bond donors (Lipinski definition) is 3. The van der Waals surface area contributed by atoms with E-state index in [-0.39, 0.29) is 18.3 Å². The first-order valence-corrected chi connectivity index (χ1v) is 6.39. The first-order valence-electron chi connectivity index (χ1n) is 6.39. The number of ether oxygens (including phenoxy) is 1. The van der Waals surface area contributed by atoms with Crippen LogP contribution >= 0.6 is 0 Å². The molecule has 6 nitrogen and oxygen atoms in total. The van der Waals surface area contributed by atoms with E-state index in [1.54, 1.807) is 24.3 Å². The first kappa shape index (κ1) is 14.8. The molecule has 0 unspecified atom stereocenters. The lowest BCUT2D eigenvalue weighted by Gasteiger charge is -2.13. The van der Waals surface area contributed by atoms with Crippen molar-refractivity contribution in [1.82, 2.24) is 4.98 Å². The Morgan fingerprint density at radius 2 is 2.10 bits per heavy atom. The van der Waals surface area contributed by atoms with Crippen LogP contribution in [0.4, 0.5) is 0 Å². The Labute approximate surface area is 122 Å². The summed E-state index contributed by atoms with van der Waals surface area (Å²) < 4.78 is 5.74. The number of rotatable bonds is 4. The zero-order valence-electron chi connectivity index (χ0n) is 11.9. The molecule has 1 aromatic carbocycles. The number of aromatic nitrogens is 1. The molecule has 21 heavy (non-hydrogen) atoms. The van der Waals surface area contributed by atoms with Crippen LogP contribution in [0.25, 0.3) is 0 Å². The molecule has 110 valence electrons. The predicted molar refractivity (Wildman–Crippen MR) is 78.7 cm³/mol. The van der Waals surface area contributed by atoms with Crippen LogP contribution in [0.15, 0.2) is 35.5 Å². The van der Waals surface area contributed by atoms with Gasteiger partial charge in [-0.1, -0.05) is 17.3 Å². The van der Waals surface area contributed by atoms with Crippen molar-refractivity contribution in [2.75, 3.05) is 0 Å². The zero-order chi connectivity index (χ0) is 15.4. The van der Waals surface area contributed by atoms with E-state index in [9.17, 15) is 0 Å². The molecule has 4 N–H and O–H groups in total. The molecule has 0 fully saturated rings. The summed E-state index contributed by atoms with van der Waals surface area (Å²) in [7, 11) is 0. The second-order valence-corrected chi connectivity index (χ2v) is 4.65. The highest BCUT2D eigenvalue weighted by Gasteiger charge is 2.15. The summed E-state index contributed by atoms with van der Waals surface area (Å²) in [5.41, 5.74) is 8.42. The van der Waals surface area contributed by atoms with Gasteiger partial charge < -0.3 is 20.8 Å².